The maximum Gasteiger partial charge on any atom is 0.333 e. The van der Waals surface area contributed by atoms with E-state index in [1.54, 1.807) is 26.8 Å². The van der Waals surface area contributed by atoms with Crippen LogP contribution in [0.5, 0.6) is 17.2 Å². The predicted molar refractivity (Wildman–Crippen MR) is 242 cm³/mol. The second kappa shape index (κ2) is 16.4. The van der Waals surface area contributed by atoms with Crippen LogP contribution < -0.4 is 19.9 Å². The third kappa shape index (κ3) is 7.37. The van der Waals surface area contributed by atoms with Crippen LogP contribution in [0.2, 0.25) is 0 Å². The summed E-state index contributed by atoms with van der Waals surface area (Å²) >= 11 is 0. The lowest BCUT2D eigenvalue weighted by Crippen LogP contribution is -2.78. The molecule has 1 aromatic heterocycles. The fourth-order valence-electron chi connectivity index (χ4n) is 11.8. The number of anilines is 1. The molecule has 0 radical (unpaired) electrons. The first-order valence-electron chi connectivity index (χ1n) is 23.3. The van der Waals surface area contributed by atoms with Crippen molar-refractivity contribution in [1.82, 2.24) is 14.8 Å². The molecule has 3 saturated heterocycles. The smallest absolute Gasteiger partial charge is 0.333 e. The average molecular weight is 929 g/mol. The number of nitrogen functional groups attached to an aromatic ring is 1. The second-order valence-electron chi connectivity index (χ2n) is 20.9. The summed E-state index contributed by atoms with van der Waals surface area (Å²) in [6.45, 7) is 18.9. The molecule has 4 bridgehead atoms. The summed E-state index contributed by atoms with van der Waals surface area (Å²) in [5.41, 5.74) is 4.16. The van der Waals surface area contributed by atoms with Gasteiger partial charge in [-0.1, -0.05) is 29.4 Å². The van der Waals surface area contributed by atoms with Gasteiger partial charge in [0.15, 0.2) is 28.6 Å². The van der Waals surface area contributed by atoms with Gasteiger partial charge >= 0.3 is 5.97 Å². The number of benzene rings is 1. The van der Waals surface area contributed by atoms with Crippen molar-refractivity contribution in [2.75, 3.05) is 19.5 Å². The van der Waals surface area contributed by atoms with E-state index in [0.29, 0.717) is 29.7 Å². The molecule has 12 atom stereocenters. The summed E-state index contributed by atoms with van der Waals surface area (Å²) in [4.78, 5) is 49.2. The fraction of sp³-hybridized carbons (Fsp3) is 0.620. The number of allylic oxidation sites excluding steroid dienone is 4. The van der Waals surface area contributed by atoms with Crippen LogP contribution in [-0.4, -0.2) is 115 Å². The van der Waals surface area contributed by atoms with Crippen LogP contribution in [0.1, 0.15) is 122 Å². The Balaban J connectivity index is 1.30. The van der Waals surface area contributed by atoms with Crippen LogP contribution in [-0.2, 0) is 39.7 Å². The van der Waals surface area contributed by atoms with Gasteiger partial charge in [0.2, 0.25) is 12.2 Å². The number of aliphatic hydroxyl groups excluding tert-OH is 2. The number of hydrogen-bond donors (Lipinski definition) is 3. The molecule has 67 heavy (non-hydrogen) atoms. The maximum atomic E-state index is 16.5. The van der Waals surface area contributed by atoms with Crippen LogP contribution >= 0.6 is 0 Å². The van der Waals surface area contributed by atoms with E-state index >= 15 is 9.59 Å². The van der Waals surface area contributed by atoms with Gasteiger partial charge in [-0.3, -0.25) is 9.59 Å². The first-order valence-corrected chi connectivity index (χ1v) is 23.3. The number of fused-ring (bicyclic) bond motifs is 3. The lowest BCUT2D eigenvalue weighted by atomic mass is 9.45. The molecule has 6 heterocycles. The molecule has 2 aromatic rings. The highest BCUT2D eigenvalue weighted by molar-refractivity contribution is 6.10. The summed E-state index contributed by atoms with van der Waals surface area (Å²) in [6.07, 6.45) is 6.30. The first-order chi connectivity index (χ1) is 31.5. The number of methoxy groups -OCH3 is 1. The fourth-order valence-corrected chi connectivity index (χ4v) is 11.8. The molecular weight excluding hydrogens is 865 g/mol. The van der Waals surface area contributed by atoms with Crippen molar-refractivity contribution in [2.24, 2.45) is 17.8 Å². The molecule has 10 rings (SSSR count). The molecule has 7 unspecified atom stereocenters. The summed E-state index contributed by atoms with van der Waals surface area (Å²) < 4.78 is 53.6. The molecule has 6 fully saturated rings. The number of nitrogens with zero attached hydrogens (tertiary/aromatic N) is 3. The Kier molecular flexibility index (Phi) is 11.5. The molecular formula is C50H64N4O13. The van der Waals surface area contributed by atoms with E-state index in [4.69, 9.17) is 43.6 Å². The van der Waals surface area contributed by atoms with Crippen LogP contribution in [0.3, 0.4) is 0 Å². The molecule has 5 aliphatic heterocycles. The molecule has 17 nitrogen and oxygen atoms in total. The van der Waals surface area contributed by atoms with E-state index in [9.17, 15) is 15.0 Å². The van der Waals surface area contributed by atoms with Crippen LogP contribution in [0, 0.1) is 17.8 Å². The van der Waals surface area contributed by atoms with Gasteiger partial charge in [-0.2, -0.15) is 0 Å². The van der Waals surface area contributed by atoms with E-state index in [1.807, 2.05) is 66.7 Å². The normalized spacial score (nSPS) is 36.1. The molecule has 4 N–H and O–H groups in total. The van der Waals surface area contributed by atoms with Crippen molar-refractivity contribution in [3.63, 3.8) is 0 Å². The first kappa shape index (κ1) is 47.2. The summed E-state index contributed by atoms with van der Waals surface area (Å²) in [5.74, 6) is -4.48. The Morgan fingerprint density at radius 1 is 1.00 bits per heavy atom. The van der Waals surface area contributed by atoms with Gasteiger partial charge in [0.05, 0.1) is 36.8 Å². The quantitative estimate of drug-likeness (QED) is 0.140. The monoisotopic (exact) mass is 928 g/mol. The SMILES string of the molecule is COC(=O)/C(C)=C\CC12OC(C)(C)C3CC(C1=O)C(n1cnc(N)n1)C1C(=O)c4c(O[C@H]5O[C@H]6COC(C)(C)O[C@@H]6[C@@H](O)[C@@H]5O)c5c(c(CC=C(C)C)c4OC132)OC(C)(CCC=C(C)C)C=C5. The van der Waals surface area contributed by atoms with Crippen LogP contribution in [0.15, 0.2) is 47.4 Å². The number of rotatable bonds is 11. The number of aliphatic hydroxyl groups is 2. The topological polar surface area (TPSA) is 222 Å². The van der Waals surface area contributed by atoms with E-state index in [1.165, 1.54) is 23.7 Å². The highest BCUT2D eigenvalue weighted by atomic mass is 16.8. The number of hydrogen-bond acceptors (Lipinski definition) is 16. The number of carbonyl (C=O) groups is 3. The molecule has 0 amide bonds. The Labute approximate surface area is 390 Å². The van der Waals surface area contributed by atoms with Gasteiger partial charge in [0.1, 0.15) is 59.2 Å². The Morgan fingerprint density at radius 3 is 2.40 bits per heavy atom. The Morgan fingerprint density at radius 2 is 1.73 bits per heavy atom. The molecule has 8 aliphatic rings. The minimum Gasteiger partial charge on any atom is -0.482 e. The lowest BCUT2D eigenvalue weighted by molar-refractivity contribution is -0.373. The molecule has 1 aromatic carbocycles. The van der Waals surface area contributed by atoms with E-state index in [2.05, 4.69) is 16.2 Å². The number of esters is 1. The van der Waals surface area contributed by atoms with E-state index < -0.39 is 94.4 Å². The zero-order valence-corrected chi connectivity index (χ0v) is 40.2. The summed E-state index contributed by atoms with van der Waals surface area (Å²) in [5, 5.41) is 27.9. The van der Waals surface area contributed by atoms with Crippen molar-refractivity contribution in [2.45, 2.75) is 166 Å². The standard InChI is InChI=1S/C50H64N4O13/c1-24(2)13-12-18-48(10)19-17-28-38(65-48)27(15-14-25(3)4)40-32(39(28)63-44-37(57)36(56)41-30(62-44)22-61-47(8,9)64-41)35(55)33-34(54-23-52-45(51)53-54)29-21-31-46(6,7)67-49(42(29)58,50(31,33)66-40)20-16-26(5)43(59)60-11/h13-14,16-17,19,23,29-31,33-34,36-37,41,44,56-57H,12,15,18,20-22H2,1-11H3,(H2,51,53)/b26-16-/t29?,30-,31?,33?,34?,36-,37-,41-,44+,48?,49?,50?/m0/s1. The van der Waals surface area contributed by atoms with Crippen LogP contribution in [0.4, 0.5) is 5.95 Å². The third-order valence-electron chi connectivity index (χ3n) is 14.9. The Bertz CT molecular complexity index is 2510. The molecule has 362 valence electrons. The molecule has 3 aliphatic carbocycles. The second-order valence-corrected chi connectivity index (χ2v) is 20.9. The van der Waals surface area contributed by atoms with Crippen LogP contribution in [0.25, 0.3) is 6.08 Å². The number of nitrogens with two attached hydrogens (primary N) is 1. The van der Waals surface area contributed by atoms with E-state index in [0.717, 1.165) is 5.57 Å². The Hall–Kier alpha value is -4.91. The average Bonchev–Trinajstić information content (AvgIpc) is 3.75. The maximum absolute atomic E-state index is 16.5. The van der Waals surface area contributed by atoms with Crippen molar-refractivity contribution >= 4 is 29.6 Å². The highest BCUT2D eigenvalue weighted by Gasteiger charge is 2.86. The van der Waals surface area contributed by atoms with Gasteiger partial charge in [-0.15, -0.1) is 5.10 Å². The van der Waals surface area contributed by atoms with Gasteiger partial charge in [-0.25, -0.2) is 14.5 Å². The molecule has 1 spiro atoms. The minimum atomic E-state index is -1.79. The lowest BCUT2D eigenvalue weighted by Gasteiger charge is -2.62. The number of ether oxygens (including phenoxy) is 8. The van der Waals surface area contributed by atoms with Crippen molar-refractivity contribution < 1.29 is 62.5 Å². The number of aromatic nitrogens is 3. The zero-order valence-electron chi connectivity index (χ0n) is 40.2. The number of Topliss-reactive ketones (excluding diaryl/α,β-unsaturated/α-hetero) is 2. The third-order valence-corrected chi connectivity index (χ3v) is 14.9. The van der Waals surface area contributed by atoms with Crippen molar-refractivity contribution in [3.8, 4) is 17.2 Å². The molecule has 3 saturated carbocycles. The summed E-state index contributed by atoms with van der Waals surface area (Å²) in [6, 6.07) is -0.945. The van der Waals surface area contributed by atoms with Crippen molar-refractivity contribution in [1.29, 1.82) is 0 Å². The zero-order chi connectivity index (χ0) is 48.3. The van der Waals surface area contributed by atoms with Gasteiger partial charge in [0.25, 0.3) is 0 Å². The van der Waals surface area contributed by atoms with E-state index in [-0.39, 0.29) is 60.2 Å². The molecule has 17 heteroatoms. The largest absolute Gasteiger partial charge is 0.482 e. The van der Waals surface area contributed by atoms with Crippen molar-refractivity contribution in [3.05, 3.63) is 64.0 Å². The van der Waals surface area contributed by atoms with Gasteiger partial charge in [0, 0.05) is 29.4 Å². The predicted octanol–water partition coefficient (Wildman–Crippen LogP) is 5.70. The number of ketones is 2. The number of carbonyl (C=O) groups excluding carboxylic acids is 3. The van der Waals surface area contributed by atoms with Gasteiger partial charge in [-0.05, 0) is 107 Å². The minimum absolute atomic E-state index is 0.00582. The highest BCUT2D eigenvalue weighted by Crippen LogP contribution is 2.72. The van der Waals surface area contributed by atoms with Gasteiger partial charge < -0.3 is 53.8 Å². The summed E-state index contributed by atoms with van der Waals surface area (Å²) in [7, 11) is 1.28.